The van der Waals surface area contributed by atoms with Gasteiger partial charge >= 0.3 is 18.1 Å². The molecule has 3 N–H and O–H groups in total. The number of carbonyl (C=O) groups excluding carboxylic acids is 3. The fraction of sp³-hybridized carbons (Fsp3) is 0.583. The van der Waals surface area contributed by atoms with Crippen molar-refractivity contribution in [3.63, 3.8) is 0 Å². The third kappa shape index (κ3) is 3.75. The number of β-lactam (4-membered cyclic amide) rings is 1. The van der Waals surface area contributed by atoms with E-state index in [0.29, 0.717) is 0 Å². The van der Waals surface area contributed by atoms with Gasteiger partial charge in [-0.25, -0.2) is 4.79 Å². The maximum absolute atomic E-state index is 12.2. The minimum Gasteiger partial charge on any atom is -0.472 e. The highest BCUT2D eigenvalue weighted by molar-refractivity contribution is 6.62. The third-order valence-electron chi connectivity index (χ3n) is 3.59. The molecule has 23 heavy (non-hydrogen) atoms. The van der Waals surface area contributed by atoms with Crippen LogP contribution in [0.1, 0.15) is 13.8 Å². The molecule has 0 bridgehead atoms. The number of amides is 2. The Kier molecular flexibility index (Phi) is 5.63. The molecule has 0 aromatic heterocycles. The van der Waals surface area contributed by atoms with Gasteiger partial charge in [0.2, 0.25) is 5.91 Å². The zero-order valence-electron chi connectivity index (χ0n) is 12.1. The van der Waals surface area contributed by atoms with Crippen LogP contribution < -0.4 is 10.6 Å². The molecule has 9 nitrogen and oxygen atoms in total. The summed E-state index contributed by atoms with van der Waals surface area (Å²) in [6.45, 7) is 2.60. The Morgan fingerprint density at radius 1 is 1.35 bits per heavy atom. The monoisotopic (exact) mass is 332 g/mol. The predicted molar refractivity (Wildman–Crippen MR) is 69.5 cm³/mol. The number of alkyl halides is 2. The van der Waals surface area contributed by atoms with E-state index in [4.69, 9.17) is 10.6 Å². The molecular weight excluding hydrogens is 318 g/mol. The molecule has 11 heteroatoms. The maximum atomic E-state index is 12.2. The lowest BCUT2D eigenvalue weighted by atomic mass is 9.75. The smallest absolute Gasteiger partial charge is 0.441 e. The van der Waals surface area contributed by atoms with E-state index in [2.05, 4.69) is 10.1 Å². The standard InChI is InChI=1S/C12H14F2N4O5/c1-3(8(19)7(18-15)12(22)23)6-5(10(20)17-6)4(2)16-11(21)9(13)14/h3-6,9H,1-2H3,(H,16,21)(H,17,20)(H,22,23)/t3?,4?,5-,6-/m1/s1. The van der Waals surface area contributed by atoms with Crippen LogP contribution in [0.15, 0.2) is 0 Å². The van der Waals surface area contributed by atoms with Crippen molar-refractivity contribution in [1.29, 1.82) is 0 Å². The number of carboxylic acid groups (broad SMARTS) is 1. The first-order valence-electron chi connectivity index (χ1n) is 6.50. The summed E-state index contributed by atoms with van der Waals surface area (Å²) < 4.78 is 24.4. The Bertz CT molecular complexity index is 602. The fourth-order valence-electron chi connectivity index (χ4n) is 2.34. The van der Waals surface area contributed by atoms with Gasteiger partial charge in [0, 0.05) is 12.0 Å². The number of halogens is 2. The molecule has 0 aromatic rings. The highest BCUT2D eigenvalue weighted by Gasteiger charge is 2.50. The van der Waals surface area contributed by atoms with Crippen molar-refractivity contribution in [3.8, 4) is 0 Å². The van der Waals surface area contributed by atoms with E-state index in [1.165, 1.54) is 13.8 Å². The number of hydrogen-bond acceptors (Lipinski definition) is 4. The summed E-state index contributed by atoms with van der Waals surface area (Å²) in [7, 11) is 0. The molecule has 126 valence electrons. The van der Waals surface area contributed by atoms with Crippen molar-refractivity contribution in [2.45, 2.75) is 32.4 Å². The summed E-state index contributed by atoms with van der Waals surface area (Å²) in [5, 5.41) is 13.0. The maximum Gasteiger partial charge on any atom is 0.441 e. The van der Waals surface area contributed by atoms with E-state index in [1.54, 1.807) is 0 Å². The number of hydrogen-bond donors (Lipinski definition) is 3. The lowest BCUT2D eigenvalue weighted by Gasteiger charge is -2.42. The van der Waals surface area contributed by atoms with Gasteiger partial charge in [0.05, 0.1) is 12.0 Å². The van der Waals surface area contributed by atoms with Crippen LogP contribution in [0.25, 0.3) is 5.53 Å². The second-order valence-electron chi connectivity index (χ2n) is 5.06. The van der Waals surface area contributed by atoms with E-state index in [9.17, 15) is 28.0 Å². The number of nitrogens with zero attached hydrogens (tertiary/aromatic N) is 2. The molecule has 0 radical (unpaired) electrons. The number of ketones is 1. The zero-order valence-corrected chi connectivity index (χ0v) is 12.1. The predicted octanol–water partition coefficient (Wildman–Crippen LogP) is -1.17. The molecule has 1 saturated heterocycles. The van der Waals surface area contributed by atoms with Crippen LogP contribution >= 0.6 is 0 Å². The summed E-state index contributed by atoms with van der Waals surface area (Å²) in [6, 6.07) is -1.89. The first-order valence-corrected chi connectivity index (χ1v) is 6.50. The largest absolute Gasteiger partial charge is 0.472 e. The second-order valence-corrected chi connectivity index (χ2v) is 5.06. The van der Waals surface area contributed by atoms with Gasteiger partial charge in [-0.15, -0.1) is 0 Å². The molecule has 2 amide bonds. The molecule has 1 fully saturated rings. The molecule has 1 aliphatic rings. The molecule has 1 aliphatic heterocycles. The Morgan fingerprint density at radius 2 is 1.91 bits per heavy atom. The van der Waals surface area contributed by atoms with Crippen molar-refractivity contribution >= 4 is 29.3 Å². The second kappa shape index (κ2) is 7.05. The van der Waals surface area contributed by atoms with Crippen molar-refractivity contribution in [2.75, 3.05) is 0 Å². The molecule has 1 heterocycles. The van der Waals surface area contributed by atoms with Gasteiger partial charge < -0.3 is 21.3 Å². The molecule has 0 aromatic carbocycles. The molecule has 0 aliphatic carbocycles. The van der Waals surface area contributed by atoms with Gasteiger partial charge in [-0.2, -0.15) is 13.6 Å². The average molecular weight is 332 g/mol. The van der Waals surface area contributed by atoms with Gasteiger partial charge in [0.1, 0.15) is 0 Å². The van der Waals surface area contributed by atoms with Crippen molar-refractivity contribution in [2.24, 2.45) is 11.8 Å². The highest BCUT2D eigenvalue weighted by atomic mass is 19.3. The third-order valence-corrected chi connectivity index (χ3v) is 3.59. The Morgan fingerprint density at radius 3 is 2.30 bits per heavy atom. The molecule has 1 rings (SSSR count). The van der Waals surface area contributed by atoms with E-state index in [1.807, 2.05) is 5.32 Å². The highest BCUT2D eigenvalue weighted by Crippen LogP contribution is 2.26. The van der Waals surface area contributed by atoms with Crippen LogP contribution in [0, 0.1) is 11.8 Å². The zero-order chi connectivity index (χ0) is 17.9. The Labute approximate surface area is 128 Å². The lowest BCUT2D eigenvalue weighted by molar-refractivity contribution is -0.142. The minimum absolute atomic E-state index is 0.575. The molecule has 2 unspecified atom stereocenters. The van der Waals surface area contributed by atoms with Crippen molar-refractivity contribution in [3.05, 3.63) is 5.53 Å². The SMILES string of the molecule is CC(C(=O)C(=[N+]=[N-])C(=O)O)[C@H]1NC(=O)[C@@H]1C(C)NC(=O)C(F)F. The Balaban J connectivity index is 2.86. The van der Waals surface area contributed by atoms with Crippen LogP contribution in [0.3, 0.4) is 0 Å². The number of carbonyl (C=O) groups is 4. The quantitative estimate of drug-likeness (QED) is 0.177. The summed E-state index contributed by atoms with van der Waals surface area (Å²) >= 11 is 0. The van der Waals surface area contributed by atoms with Crippen LogP contribution in [-0.2, 0) is 19.2 Å². The summed E-state index contributed by atoms with van der Waals surface area (Å²) in [6.07, 6.45) is -3.25. The summed E-state index contributed by atoms with van der Waals surface area (Å²) in [5.74, 6) is -7.00. The van der Waals surface area contributed by atoms with Gasteiger partial charge in [-0.05, 0) is 6.92 Å². The number of Topliss-reactive ketones (excluding diaryl/α,β-unsaturated/α-hetero) is 1. The molecule has 0 spiro atoms. The normalized spacial score (nSPS) is 22.2. The molecular formula is C12H14F2N4O5. The topological polar surface area (TPSA) is 149 Å². The van der Waals surface area contributed by atoms with Crippen LogP contribution in [0.5, 0.6) is 0 Å². The fourth-order valence-corrected chi connectivity index (χ4v) is 2.34. The van der Waals surface area contributed by atoms with Gasteiger partial charge in [-0.3, -0.25) is 14.4 Å². The lowest BCUT2D eigenvalue weighted by Crippen LogP contribution is -2.68. The summed E-state index contributed by atoms with van der Waals surface area (Å²) in [4.78, 5) is 47.6. The van der Waals surface area contributed by atoms with Crippen LogP contribution in [0.4, 0.5) is 8.78 Å². The number of carboxylic acids is 1. The molecule has 0 saturated carbocycles. The van der Waals surface area contributed by atoms with Gasteiger partial charge in [0.15, 0.2) is 0 Å². The van der Waals surface area contributed by atoms with E-state index in [-0.39, 0.29) is 0 Å². The Hall–Kier alpha value is -2.68. The number of rotatable bonds is 7. The first kappa shape index (κ1) is 18.4. The number of nitrogens with one attached hydrogen (secondary N) is 2. The average Bonchev–Trinajstić information content (AvgIpc) is 2.43. The van der Waals surface area contributed by atoms with Gasteiger partial charge in [-0.1, -0.05) is 6.92 Å². The van der Waals surface area contributed by atoms with E-state index in [0.717, 1.165) is 0 Å². The van der Waals surface area contributed by atoms with Crippen LogP contribution in [0.2, 0.25) is 0 Å². The minimum atomic E-state index is -3.25. The van der Waals surface area contributed by atoms with Crippen LogP contribution in [-0.4, -0.2) is 57.7 Å². The first-order chi connectivity index (χ1) is 10.6. The van der Waals surface area contributed by atoms with Crippen molar-refractivity contribution in [1.82, 2.24) is 10.6 Å². The van der Waals surface area contributed by atoms with E-state index < -0.39 is 59.6 Å². The van der Waals surface area contributed by atoms with E-state index >= 15 is 0 Å². The number of aliphatic carboxylic acids is 1. The van der Waals surface area contributed by atoms with Crippen molar-refractivity contribution < 1.29 is 37.9 Å². The molecule has 4 atom stereocenters. The van der Waals surface area contributed by atoms with Gasteiger partial charge in [0.25, 0.3) is 11.7 Å². The summed E-state index contributed by atoms with van der Waals surface area (Å²) in [5.41, 5.74) is 7.44.